The Morgan fingerprint density at radius 3 is 2.16 bits per heavy atom. The zero-order valence-corrected chi connectivity index (χ0v) is 14.2. The largest absolute Gasteiger partial charge is 0.376 e. The van der Waals surface area contributed by atoms with E-state index in [0.717, 1.165) is 10.6 Å². The summed E-state index contributed by atoms with van der Waals surface area (Å²) in [6.45, 7) is 1.52. The van der Waals surface area contributed by atoms with E-state index in [4.69, 9.17) is 0 Å². The van der Waals surface area contributed by atoms with Crippen LogP contribution < -0.4 is 10.2 Å². The van der Waals surface area contributed by atoms with E-state index in [1.165, 1.54) is 6.92 Å². The number of carbonyl (C=O) groups excluding carboxylic acids is 3. The third-order valence-corrected chi connectivity index (χ3v) is 4.11. The summed E-state index contributed by atoms with van der Waals surface area (Å²) in [4.78, 5) is 44.3. The van der Waals surface area contributed by atoms with Crippen LogP contribution in [0, 0.1) is 0 Å². The van der Waals surface area contributed by atoms with Gasteiger partial charge < -0.3 is 10.2 Å². The minimum absolute atomic E-state index is 0.320. The number of amides is 3. The molecule has 7 heteroatoms. The molecule has 1 atom stereocenters. The smallest absolute Gasteiger partial charge is 0.262 e. The lowest BCUT2D eigenvalue weighted by Gasteiger charge is -2.21. The van der Waals surface area contributed by atoms with Crippen LogP contribution in [-0.4, -0.2) is 47.7 Å². The van der Waals surface area contributed by atoms with Crippen molar-refractivity contribution >= 4 is 29.2 Å². The predicted molar refractivity (Wildman–Crippen MR) is 93.6 cm³/mol. The van der Waals surface area contributed by atoms with Crippen LogP contribution in [0.4, 0.5) is 11.5 Å². The number of nitrogens with one attached hydrogen (secondary N) is 1. The van der Waals surface area contributed by atoms with Crippen LogP contribution in [0.15, 0.2) is 42.6 Å². The van der Waals surface area contributed by atoms with Gasteiger partial charge in [0.25, 0.3) is 11.8 Å². The molecule has 0 aliphatic carbocycles. The highest BCUT2D eigenvalue weighted by Crippen LogP contribution is 2.24. The van der Waals surface area contributed by atoms with Crippen molar-refractivity contribution < 1.29 is 14.4 Å². The summed E-state index contributed by atoms with van der Waals surface area (Å²) < 4.78 is 0. The van der Waals surface area contributed by atoms with Crippen molar-refractivity contribution in [3.8, 4) is 0 Å². The molecule has 0 bridgehead atoms. The fraction of sp³-hybridized carbons (Fsp3) is 0.222. The highest BCUT2D eigenvalue weighted by molar-refractivity contribution is 6.23. The third-order valence-electron chi connectivity index (χ3n) is 4.11. The first kappa shape index (κ1) is 16.6. The fourth-order valence-corrected chi connectivity index (χ4v) is 2.63. The minimum Gasteiger partial charge on any atom is -0.376 e. The second-order valence-corrected chi connectivity index (χ2v) is 5.99. The van der Waals surface area contributed by atoms with E-state index < -0.39 is 23.8 Å². The maximum absolute atomic E-state index is 12.5. The maximum atomic E-state index is 12.5. The van der Waals surface area contributed by atoms with E-state index in [-0.39, 0.29) is 0 Å². The monoisotopic (exact) mass is 338 g/mol. The van der Waals surface area contributed by atoms with E-state index in [0.29, 0.717) is 16.9 Å². The van der Waals surface area contributed by atoms with E-state index >= 15 is 0 Å². The molecule has 7 nitrogen and oxygen atoms in total. The zero-order chi connectivity index (χ0) is 18.1. The molecule has 1 aromatic carbocycles. The number of hydrogen-bond donors (Lipinski definition) is 1. The number of pyridine rings is 1. The number of hydrogen-bond acceptors (Lipinski definition) is 5. The summed E-state index contributed by atoms with van der Waals surface area (Å²) in [6, 6.07) is 9.09. The van der Waals surface area contributed by atoms with Crippen LogP contribution in [0.3, 0.4) is 0 Å². The Kier molecular flexibility index (Phi) is 4.22. The van der Waals surface area contributed by atoms with Gasteiger partial charge in [-0.1, -0.05) is 12.1 Å². The number of imide groups is 1. The zero-order valence-electron chi connectivity index (χ0n) is 14.2. The molecule has 2 heterocycles. The Balaban J connectivity index is 1.75. The van der Waals surface area contributed by atoms with Gasteiger partial charge in [0.1, 0.15) is 11.9 Å². The summed E-state index contributed by atoms with van der Waals surface area (Å²) in [7, 11) is 3.78. The number of nitrogens with zero attached hydrogens (tertiary/aromatic N) is 3. The van der Waals surface area contributed by atoms with Gasteiger partial charge in [-0.3, -0.25) is 19.3 Å². The average Bonchev–Trinajstić information content (AvgIpc) is 2.86. The first-order chi connectivity index (χ1) is 11.9. The molecule has 0 fully saturated rings. The third kappa shape index (κ3) is 2.96. The summed E-state index contributed by atoms with van der Waals surface area (Å²) in [6.07, 6.45) is 1.63. The van der Waals surface area contributed by atoms with Crippen LogP contribution in [0.1, 0.15) is 27.6 Å². The van der Waals surface area contributed by atoms with Crippen molar-refractivity contribution in [2.45, 2.75) is 13.0 Å². The molecular formula is C18H18N4O3. The van der Waals surface area contributed by atoms with E-state index in [1.807, 2.05) is 25.1 Å². The molecule has 128 valence electrons. The number of anilines is 2. The van der Waals surface area contributed by atoms with Gasteiger partial charge in [-0.25, -0.2) is 4.98 Å². The predicted octanol–water partition coefficient (Wildman–Crippen LogP) is 1.77. The molecule has 0 spiro atoms. The lowest BCUT2D eigenvalue weighted by molar-refractivity contribution is -0.119. The lowest BCUT2D eigenvalue weighted by atomic mass is 10.1. The van der Waals surface area contributed by atoms with Crippen LogP contribution in [-0.2, 0) is 4.79 Å². The Hall–Kier alpha value is -3.22. The first-order valence-corrected chi connectivity index (χ1v) is 7.81. The molecule has 1 aromatic heterocycles. The van der Waals surface area contributed by atoms with Crippen LogP contribution in [0.2, 0.25) is 0 Å². The van der Waals surface area contributed by atoms with Crippen molar-refractivity contribution in [1.82, 2.24) is 9.88 Å². The summed E-state index contributed by atoms with van der Waals surface area (Å²) in [5, 5.41) is 2.64. The van der Waals surface area contributed by atoms with E-state index in [1.54, 1.807) is 36.5 Å². The van der Waals surface area contributed by atoms with Crippen molar-refractivity contribution in [3.05, 3.63) is 53.7 Å². The Morgan fingerprint density at radius 2 is 1.68 bits per heavy atom. The second kappa shape index (κ2) is 6.35. The van der Waals surface area contributed by atoms with E-state index in [9.17, 15) is 14.4 Å². The normalized spacial score (nSPS) is 14.3. The van der Waals surface area contributed by atoms with E-state index in [2.05, 4.69) is 10.3 Å². The van der Waals surface area contributed by atoms with Crippen LogP contribution in [0.25, 0.3) is 0 Å². The lowest BCUT2D eigenvalue weighted by Crippen LogP contribution is -2.45. The van der Waals surface area contributed by atoms with Gasteiger partial charge in [0.2, 0.25) is 5.91 Å². The molecule has 3 amide bonds. The van der Waals surface area contributed by atoms with Gasteiger partial charge in [-0.05, 0) is 31.2 Å². The van der Waals surface area contributed by atoms with Gasteiger partial charge in [0.15, 0.2) is 0 Å². The Labute approximate surface area is 145 Å². The summed E-state index contributed by atoms with van der Waals surface area (Å²) >= 11 is 0. The quantitative estimate of drug-likeness (QED) is 0.859. The van der Waals surface area contributed by atoms with Crippen molar-refractivity contribution in [1.29, 1.82) is 0 Å². The standard InChI is InChI=1S/C18H18N4O3/c1-11(16(23)20-15-9-8-12(10-19-15)21(2)3)22-17(24)13-6-4-5-7-14(13)18(22)25/h4-11H,1-3H3,(H,19,20,23)/t11-/m1/s1. The van der Waals surface area contributed by atoms with Crippen LogP contribution >= 0.6 is 0 Å². The molecule has 1 aliphatic heterocycles. The summed E-state index contributed by atoms with van der Waals surface area (Å²) in [5.74, 6) is -1.03. The number of aromatic nitrogens is 1. The van der Waals surface area contributed by atoms with Crippen molar-refractivity contribution in [3.63, 3.8) is 0 Å². The number of rotatable bonds is 4. The summed E-state index contributed by atoms with van der Waals surface area (Å²) in [5.41, 5.74) is 1.53. The van der Waals surface area contributed by atoms with Gasteiger partial charge in [0, 0.05) is 14.1 Å². The molecule has 3 rings (SSSR count). The van der Waals surface area contributed by atoms with Gasteiger partial charge in [0.05, 0.1) is 23.0 Å². The highest BCUT2D eigenvalue weighted by atomic mass is 16.2. The number of fused-ring (bicyclic) bond motifs is 1. The maximum Gasteiger partial charge on any atom is 0.262 e. The fourth-order valence-electron chi connectivity index (χ4n) is 2.63. The first-order valence-electron chi connectivity index (χ1n) is 7.81. The van der Waals surface area contributed by atoms with Gasteiger partial charge in [-0.15, -0.1) is 0 Å². The molecule has 2 aromatic rings. The number of carbonyl (C=O) groups is 3. The molecule has 0 radical (unpaired) electrons. The number of benzene rings is 1. The molecule has 25 heavy (non-hydrogen) atoms. The molecule has 1 N–H and O–H groups in total. The Morgan fingerprint density at radius 1 is 1.08 bits per heavy atom. The van der Waals surface area contributed by atoms with Gasteiger partial charge >= 0.3 is 0 Å². The molecule has 1 aliphatic rings. The molecule has 0 saturated heterocycles. The SMILES string of the molecule is C[C@H](C(=O)Nc1ccc(N(C)C)cn1)N1C(=O)c2ccccc2C1=O. The second-order valence-electron chi connectivity index (χ2n) is 5.99. The van der Waals surface area contributed by atoms with Gasteiger partial charge in [-0.2, -0.15) is 0 Å². The topological polar surface area (TPSA) is 82.6 Å². The average molecular weight is 338 g/mol. The van der Waals surface area contributed by atoms with Crippen molar-refractivity contribution in [2.24, 2.45) is 0 Å². The molecular weight excluding hydrogens is 320 g/mol. The minimum atomic E-state index is -0.942. The van der Waals surface area contributed by atoms with Crippen molar-refractivity contribution in [2.75, 3.05) is 24.3 Å². The Bertz CT molecular complexity index is 811. The van der Waals surface area contributed by atoms with Crippen LogP contribution in [0.5, 0.6) is 0 Å². The molecule has 0 unspecified atom stereocenters. The highest BCUT2D eigenvalue weighted by Gasteiger charge is 2.40. The molecule has 0 saturated carbocycles.